The lowest BCUT2D eigenvalue weighted by atomic mass is 9.85. The Morgan fingerprint density at radius 3 is 1.52 bits per heavy atom. The normalized spacial score (nSPS) is 12.2. The van der Waals surface area contributed by atoms with E-state index in [2.05, 4.69) is 19.1 Å². The molecule has 0 amide bonds. The second kappa shape index (κ2) is 8.50. The quantitative estimate of drug-likeness (QED) is 0.633. The zero-order chi connectivity index (χ0) is 19.3. The summed E-state index contributed by atoms with van der Waals surface area (Å²) in [6, 6.07) is 6.25. The number of aliphatic carboxylic acids is 2. The van der Waals surface area contributed by atoms with Gasteiger partial charge < -0.3 is 10.2 Å². The highest BCUT2D eigenvalue weighted by molar-refractivity contribution is 5.73. The van der Waals surface area contributed by atoms with Crippen LogP contribution in [0, 0.1) is 17.8 Å². The second-order valence-corrected chi connectivity index (χ2v) is 8.29. The van der Waals surface area contributed by atoms with Crippen LogP contribution in [0.15, 0.2) is 18.2 Å². The number of benzene rings is 1. The van der Waals surface area contributed by atoms with E-state index in [1.807, 2.05) is 6.07 Å². The molecule has 4 heteroatoms. The molecule has 0 spiro atoms. The van der Waals surface area contributed by atoms with Gasteiger partial charge in [-0.25, -0.2) is 0 Å². The molecule has 0 atom stereocenters. The first-order valence-corrected chi connectivity index (χ1v) is 9.01. The molecule has 0 fully saturated rings. The zero-order valence-electron chi connectivity index (χ0n) is 16.2. The van der Waals surface area contributed by atoms with Gasteiger partial charge >= 0.3 is 11.9 Å². The van der Waals surface area contributed by atoms with Gasteiger partial charge in [0.1, 0.15) is 0 Å². The first kappa shape index (κ1) is 21.2. The van der Waals surface area contributed by atoms with Crippen LogP contribution < -0.4 is 0 Å². The molecule has 1 aromatic carbocycles. The van der Waals surface area contributed by atoms with E-state index in [1.54, 1.807) is 27.7 Å². The Morgan fingerprint density at radius 2 is 1.20 bits per heavy atom. The number of carboxylic acid groups (broad SMARTS) is 2. The molecule has 0 aliphatic rings. The fraction of sp³-hybridized carbons (Fsp3) is 0.619. The van der Waals surface area contributed by atoms with Gasteiger partial charge in [0.15, 0.2) is 0 Å². The Balaban J connectivity index is 2.64. The van der Waals surface area contributed by atoms with E-state index in [-0.39, 0.29) is 0 Å². The summed E-state index contributed by atoms with van der Waals surface area (Å²) in [5.41, 5.74) is 2.40. The van der Waals surface area contributed by atoms with E-state index in [1.165, 1.54) is 16.7 Å². The summed E-state index contributed by atoms with van der Waals surface area (Å²) < 4.78 is 0. The second-order valence-electron chi connectivity index (χ2n) is 8.29. The van der Waals surface area contributed by atoms with E-state index in [0.29, 0.717) is 12.8 Å². The number of carbonyl (C=O) groups is 2. The van der Waals surface area contributed by atoms with Crippen LogP contribution in [0.1, 0.15) is 70.1 Å². The van der Waals surface area contributed by atoms with Crippen LogP contribution in [0.5, 0.6) is 0 Å². The van der Waals surface area contributed by atoms with Crippen molar-refractivity contribution in [2.24, 2.45) is 10.8 Å². The molecular weight excluding hydrogens is 316 g/mol. The molecule has 0 heterocycles. The van der Waals surface area contributed by atoms with Gasteiger partial charge in [0.25, 0.3) is 0 Å². The summed E-state index contributed by atoms with van der Waals surface area (Å²) in [7, 11) is 0. The molecule has 0 unspecified atom stereocenters. The number of rotatable bonds is 10. The van der Waals surface area contributed by atoms with Gasteiger partial charge in [-0.3, -0.25) is 9.59 Å². The molecule has 1 aromatic rings. The molecular formula is C21H32O4. The SMILES string of the molecule is Cc1c(CCCC(C)(C)C(=O)O)cccc1CCCC(C)(C)C(=O)O. The summed E-state index contributed by atoms with van der Waals surface area (Å²) in [4.78, 5) is 22.4. The van der Waals surface area contributed by atoms with Gasteiger partial charge in [-0.1, -0.05) is 18.2 Å². The fourth-order valence-electron chi connectivity index (χ4n) is 2.93. The van der Waals surface area contributed by atoms with Crippen molar-refractivity contribution in [2.75, 3.05) is 0 Å². The largest absolute Gasteiger partial charge is 0.481 e. The Bertz CT molecular complexity index is 564. The van der Waals surface area contributed by atoms with E-state index in [4.69, 9.17) is 0 Å². The van der Waals surface area contributed by atoms with Gasteiger partial charge in [-0.2, -0.15) is 0 Å². The molecule has 0 radical (unpaired) electrons. The monoisotopic (exact) mass is 348 g/mol. The van der Waals surface area contributed by atoms with E-state index >= 15 is 0 Å². The molecule has 0 aliphatic heterocycles. The van der Waals surface area contributed by atoms with Crippen LogP contribution >= 0.6 is 0 Å². The average Bonchev–Trinajstić information content (AvgIpc) is 2.50. The minimum atomic E-state index is -0.751. The van der Waals surface area contributed by atoms with Crippen molar-refractivity contribution in [3.05, 3.63) is 34.9 Å². The zero-order valence-corrected chi connectivity index (χ0v) is 16.2. The molecule has 2 N–H and O–H groups in total. The predicted molar refractivity (Wildman–Crippen MR) is 99.9 cm³/mol. The first-order valence-electron chi connectivity index (χ1n) is 9.01. The van der Waals surface area contributed by atoms with E-state index in [9.17, 15) is 19.8 Å². The molecule has 0 saturated heterocycles. The van der Waals surface area contributed by atoms with Crippen molar-refractivity contribution in [2.45, 2.75) is 73.1 Å². The fourth-order valence-corrected chi connectivity index (χ4v) is 2.93. The van der Waals surface area contributed by atoms with E-state index < -0.39 is 22.8 Å². The third-order valence-electron chi connectivity index (χ3n) is 5.21. The minimum Gasteiger partial charge on any atom is -0.481 e. The maximum Gasteiger partial charge on any atom is 0.309 e. The maximum absolute atomic E-state index is 11.2. The molecule has 0 aliphatic carbocycles. The standard InChI is InChI=1S/C21H32O4/c1-15-16(11-7-13-20(2,3)18(22)23)9-6-10-17(15)12-8-14-21(4,5)19(24)25/h6,9-10H,7-8,11-14H2,1-5H3,(H,22,23)(H,24,25). The van der Waals surface area contributed by atoms with Crippen molar-refractivity contribution in [1.82, 2.24) is 0 Å². The number of aryl methyl sites for hydroxylation is 2. The topological polar surface area (TPSA) is 74.6 Å². The van der Waals surface area contributed by atoms with E-state index in [0.717, 1.165) is 25.7 Å². The van der Waals surface area contributed by atoms with Crippen LogP contribution in [0.2, 0.25) is 0 Å². The summed E-state index contributed by atoms with van der Waals surface area (Å²) in [6.07, 6.45) is 4.73. The van der Waals surface area contributed by atoms with Gasteiger partial charge in [0, 0.05) is 0 Å². The van der Waals surface area contributed by atoms with Gasteiger partial charge in [0.2, 0.25) is 0 Å². The first-order chi connectivity index (χ1) is 11.5. The molecule has 140 valence electrons. The number of hydrogen-bond acceptors (Lipinski definition) is 2. The Labute approximate surface area is 151 Å². The van der Waals surface area contributed by atoms with Crippen molar-refractivity contribution in [3.63, 3.8) is 0 Å². The number of hydrogen-bond donors (Lipinski definition) is 2. The highest BCUT2D eigenvalue weighted by Gasteiger charge is 2.27. The third kappa shape index (κ3) is 6.18. The minimum absolute atomic E-state index is 0.652. The molecule has 25 heavy (non-hydrogen) atoms. The Kier molecular flexibility index (Phi) is 7.21. The van der Waals surface area contributed by atoms with Gasteiger partial charge in [0.05, 0.1) is 10.8 Å². The van der Waals surface area contributed by atoms with Gasteiger partial charge in [-0.05, 0) is 89.8 Å². The third-order valence-corrected chi connectivity index (χ3v) is 5.21. The highest BCUT2D eigenvalue weighted by Crippen LogP contribution is 2.27. The smallest absolute Gasteiger partial charge is 0.309 e. The lowest BCUT2D eigenvalue weighted by Crippen LogP contribution is -2.23. The molecule has 0 aromatic heterocycles. The lowest BCUT2D eigenvalue weighted by Gasteiger charge is -2.20. The predicted octanol–water partition coefficient (Wildman–Crippen LogP) is 4.86. The molecule has 0 bridgehead atoms. The highest BCUT2D eigenvalue weighted by atomic mass is 16.4. The molecule has 0 saturated carbocycles. The Morgan fingerprint density at radius 1 is 0.840 bits per heavy atom. The lowest BCUT2D eigenvalue weighted by molar-refractivity contribution is -0.148. The summed E-state index contributed by atoms with van der Waals surface area (Å²) >= 11 is 0. The average molecular weight is 348 g/mol. The van der Waals surface area contributed by atoms with Crippen molar-refractivity contribution in [1.29, 1.82) is 0 Å². The Hall–Kier alpha value is -1.84. The van der Waals surface area contributed by atoms with Crippen molar-refractivity contribution in [3.8, 4) is 0 Å². The molecule has 4 nitrogen and oxygen atoms in total. The maximum atomic E-state index is 11.2. The van der Waals surface area contributed by atoms with Gasteiger partial charge in [-0.15, -0.1) is 0 Å². The molecule has 1 rings (SSSR count). The summed E-state index contributed by atoms with van der Waals surface area (Å²) in [5.74, 6) is -1.50. The van der Waals surface area contributed by atoms with Crippen LogP contribution in [-0.2, 0) is 22.4 Å². The van der Waals surface area contributed by atoms with Crippen LogP contribution in [0.4, 0.5) is 0 Å². The number of carboxylic acids is 2. The summed E-state index contributed by atoms with van der Waals surface area (Å²) in [6.45, 7) is 9.17. The van der Waals surface area contributed by atoms with Crippen molar-refractivity contribution < 1.29 is 19.8 Å². The van der Waals surface area contributed by atoms with Crippen molar-refractivity contribution >= 4 is 11.9 Å². The van der Waals surface area contributed by atoms with Crippen LogP contribution in [-0.4, -0.2) is 22.2 Å². The van der Waals surface area contributed by atoms with Crippen LogP contribution in [0.25, 0.3) is 0 Å². The summed E-state index contributed by atoms with van der Waals surface area (Å²) in [5, 5.41) is 18.4. The van der Waals surface area contributed by atoms with Crippen LogP contribution in [0.3, 0.4) is 0 Å².